The van der Waals surface area contributed by atoms with Gasteiger partial charge in [0.2, 0.25) is 0 Å². The zero-order valence-electron chi connectivity index (χ0n) is 5.47. The van der Waals surface area contributed by atoms with E-state index in [1.54, 1.807) is 0 Å². The first-order valence-corrected chi connectivity index (χ1v) is 4.14. The van der Waals surface area contributed by atoms with Crippen molar-refractivity contribution in [2.45, 2.75) is 6.54 Å². The number of hydrazine groups is 1. The molecule has 3 heteroatoms. The maximum absolute atomic E-state index is 3.00. The largest absolute Gasteiger partial charge is 0.244 e. The van der Waals surface area contributed by atoms with Crippen LogP contribution < -0.4 is 9.06 Å². The second kappa shape index (κ2) is 4.65. The van der Waals surface area contributed by atoms with E-state index in [1.807, 2.05) is 18.2 Å². The first-order chi connectivity index (χ1) is 4.93. The van der Waals surface area contributed by atoms with E-state index < -0.39 is 0 Å². The second-order valence-corrected chi connectivity index (χ2v) is 2.47. The summed E-state index contributed by atoms with van der Waals surface area (Å²) in [6.45, 7) is 0.865. The standard InChI is InChI=1S/C7H9IN2/c8-10-9-6-7-4-2-1-3-5-7/h1-5,9-10H,6H2. The molecule has 0 radical (unpaired) electrons. The van der Waals surface area contributed by atoms with Crippen LogP contribution in [0.5, 0.6) is 0 Å². The quantitative estimate of drug-likeness (QED) is 0.482. The average molecular weight is 248 g/mol. The van der Waals surface area contributed by atoms with Crippen molar-refractivity contribution in [3.8, 4) is 0 Å². The molecule has 0 aromatic heterocycles. The van der Waals surface area contributed by atoms with Crippen LogP contribution in [0.4, 0.5) is 0 Å². The van der Waals surface area contributed by atoms with Crippen LogP contribution >= 0.6 is 22.9 Å². The van der Waals surface area contributed by atoms with Crippen molar-refractivity contribution in [2.24, 2.45) is 0 Å². The van der Waals surface area contributed by atoms with Gasteiger partial charge in [-0.1, -0.05) is 30.3 Å². The maximum atomic E-state index is 3.00. The van der Waals surface area contributed by atoms with Crippen molar-refractivity contribution in [1.82, 2.24) is 9.06 Å². The van der Waals surface area contributed by atoms with Gasteiger partial charge in [0.25, 0.3) is 0 Å². The Hall–Kier alpha value is -0.130. The van der Waals surface area contributed by atoms with Gasteiger partial charge in [0.05, 0.1) is 0 Å². The molecule has 0 aliphatic heterocycles. The number of nitrogens with one attached hydrogen (secondary N) is 2. The zero-order chi connectivity index (χ0) is 7.23. The molecule has 0 fully saturated rings. The lowest BCUT2D eigenvalue weighted by molar-refractivity contribution is 0.706. The molecule has 0 unspecified atom stereocenters. The van der Waals surface area contributed by atoms with Gasteiger partial charge in [0.1, 0.15) is 0 Å². The number of benzene rings is 1. The van der Waals surface area contributed by atoms with E-state index in [0.29, 0.717) is 0 Å². The maximum Gasteiger partial charge on any atom is 0.0358 e. The van der Waals surface area contributed by atoms with Crippen LogP contribution in [0.25, 0.3) is 0 Å². The molecule has 0 bridgehead atoms. The predicted octanol–water partition coefficient (Wildman–Crippen LogP) is 1.63. The summed E-state index contributed by atoms with van der Waals surface area (Å²) in [7, 11) is 0. The summed E-state index contributed by atoms with van der Waals surface area (Å²) in [6.07, 6.45) is 0. The highest BCUT2D eigenvalue weighted by molar-refractivity contribution is 14.1. The van der Waals surface area contributed by atoms with Gasteiger partial charge in [0.15, 0.2) is 0 Å². The van der Waals surface area contributed by atoms with E-state index in [-0.39, 0.29) is 0 Å². The Balaban J connectivity index is 2.43. The van der Waals surface area contributed by atoms with Crippen LogP contribution in [0, 0.1) is 0 Å². The third-order valence-electron chi connectivity index (χ3n) is 1.20. The summed E-state index contributed by atoms with van der Waals surface area (Å²) < 4.78 is 2.84. The first-order valence-electron chi connectivity index (χ1n) is 3.06. The predicted molar refractivity (Wildman–Crippen MR) is 50.4 cm³/mol. The number of hydrogen-bond acceptors (Lipinski definition) is 2. The molecule has 0 spiro atoms. The fourth-order valence-corrected chi connectivity index (χ4v) is 0.922. The number of rotatable bonds is 3. The Bertz CT molecular complexity index is 176. The zero-order valence-corrected chi connectivity index (χ0v) is 7.63. The second-order valence-electron chi connectivity index (χ2n) is 1.93. The molecule has 0 saturated carbocycles. The molecule has 0 amide bonds. The van der Waals surface area contributed by atoms with Crippen LogP contribution in [-0.4, -0.2) is 0 Å². The Kier molecular flexibility index (Phi) is 3.71. The molecule has 0 heterocycles. The van der Waals surface area contributed by atoms with Crippen LogP contribution in [0.3, 0.4) is 0 Å². The van der Waals surface area contributed by atoms with Crippen molar-refractivity contribution in [1.29, 1.82) is 0 Å². The van der Waals surface area contributed by atoms with Crippen molar-refractivity contribution in [3.05, 3.63) is 35.9 Å². The minimum atomic E-state index is 0.865. The van der Waals surface area contributed by atoms with E-state index in [0.717, 1.165) is 6.54 Å². The minimum Gasteiger partial charge on any atom is -0.244 e. The smallest absolute Gasteiger partial charge is 0.0358 e. The SMILES string of the molecule is INNCc1ccccc1. The Labute approximate surface area is 74.5 Å². The lowest BCUT2D eigenvalue weighted by atomic mass is 10.2. The normalized spacial score (nSPS) is 9.70. The van der Waals surface area contributed by atoms with Crippen LogP contribution in [0.1, 0.15) is 5.56 Å². The third-order valence-corrected chi connectivity index (χ3v) is 1.58. The lowest BCUT2D eigenvalue weighted by Gasteiger charge is -1.99. The topological polar surface area (TPSA) is 24.1 Å². The van der Waals surface area contributed by atoms with Gasteiger partial charge in [-0.25, -0.2) is 5.43 Å². The third kappa shape index (κ3) is 2.64. The van der Waals surface area contributed by atoms with Crippen molar-refractivity contribution in [2.75, 3.05) is 0 Å². The van der Waals surface area contributed by atoms with Crippen LogP contribution in [0.2, 0.25) is 0 Å². The molecule has 0 aliphatic rings. The molecule has 1 aromatic carbocycles. The van der Waals surface area contributed by atoms with Crippen LogP contribution in [0.15, 0.2) is 30.3 Å². The molecule has 0 aliphatic carbocycles. The molecule has 10 heavy (non-hydrogen) atoms. The summed E-state index contributed by atoms with van der Waals surface area (Å²) >= 11 is 2.05. The van der Waals surface area contributed by atoms with Gasteiger partial charge in [-0.15, -0.1) is 0 Å². The molecular formula is C7H9IN2. The molecule has 0 saturated heterocycles. The Morgan fingerprint density at radius 3 is 2.50 bits per heavy atom. The van der Waals surface area contributed by atoms with E-state index in [4.69, 9.17) is 0 Å². The van der Waals surface area contributed by atoms with E-state index >= 15 is 0 Å². The molecule has 54 valence electrons. The van der Waals surface area contributed by atoms with E-state index in [1.165, 1.54) is 5.56 Å². The summed E-state index contributed by atoms with van der Waals surface area (Å²) in [5, 5.41) is 0. The van der Waals surface area contributed by atoms with Gasteiger partial charge >= 0.3 is 0 Å². The van der Waals surface area contributed by atoms with E-state index in [2.05, 4.69) is 44.1 Å². The lowest BCUT2D eigenvalue weighted by Crippen LogP contribution is -2.20. The minimum absolute atomic E-state index is 0.865. The Morgan fingerprint density at radius 2 is 1.90 bits per heavy atom. The monoisotopic (exact) mass is 248 g/mol. The molecule has 1 rings (SSSR count). The number of hydrogen-bond donors (Lipinski definition) is 2. The highest BCUT2D eigenvalue weighted by Gasteiger charge is 1.85. The molecule has 0 atom stereocenters. The van der Waals surface area contributed by atoms with E-state index in [9.17, 15) is 0 Å². The molecule has 2 nitrogen and oxygen atoms in total. The van der Waals surface area contributed by atoms with Crippen molar-refractivity contribution in [3.63, 3.8) is 0 Å². The fourth-order valence-electron chi connectivity index (χ4n) is 0.731. The van der Waals surface area contributed by atoms with Gasteiger partial charge in [-0.2, -0.15) is 3.64 Å². The summed E-state index contributed by atoms with van der Waals surface area (Å²) in [5.74, 6) is 0. The number of halogens is 1. The molecule has 2 N–H and O–H groups in total. The van der Waals surface area contributed by atoms with Gasteiger partial charge < -0.3 is 0 Å². The average Bonchev–Trinajstić information content (AvgIpc) is 2.03. The van der Waals surface area contributed by atoms with Gasteiger partial charge in [-0.3, -0.25) is 0 Å². The fraction of sp³-hybridized carbons (Fsp3) is 0.143. The summed E-state index contributed by atoms with van der Waals surface area (Å²) in [6, 6.07) is 10.2. The highest BCUT2D eigenvalue weighted by atomic mass is 127. The summed E-state index contributed by atoms with van der Waals surface area (Å²) in [4.78, 5) is 0. The molecule has 1 aromatic rings. The first kappa shape index (κ1) is 7.97. The van der Waals surface area contributed by atoms with Gasteiger partial charge in [0, 0.05) is 29.4 Å². The van der Waals surface area contributed by atoms with Crippen molar-refractivity contribution < 1.29 is 0 Å². The summed E-state index contributed by atoms with van der Waals surface area (Å²) in [5.41, 5.74) is 4.29. The Morgan fingerprint density at radius 1 is 1.20 bits per heavy atom. The molecular weight excluding hydrogens is 239 g/mol. The van der Waals surface area contributed by atoms with Gasteiger partial charge in [-0.05, 0) is 5.56 Å². The van der Waals surface area contributed by atoms with Crippen LogP contribution in [-0.2, 0) is 6.54 Å². The van der Waals surface area contributed by atoms with Crippen molar-refractivity contribution >= 4 is 22.9 Å². The highest BCUT2D eigenvalue weighted by Crippen LogP contribution is 1.95.